The van der Waals surface area contributed by atoms with E-state index in [1.807, 2.05) is 28.7 Å². The smallest absolute Gasteiger partial charge is 0.0690 e. The molecule has 48 heavy (non-hydrogen) atoms. The van der Waals surface area contributed by atoms with E-state index in [2.05, 4.69) is 68.0 Å². The molecule has 0 amide bonds. The van der Waals surface area contributed by atoms with Crippen molar-refractivity contribution in [1.82, 2.24) is 41.0 Å². The third-order valence-electron chi connectivity index (χ3n) is 5.75. The minimum atomic E-state index is -0.988. The zero-order chi connectivity index (χ0) is 33.9. The second kappa shape index (κ2) is 37.8. The van der Waals surface area contributed by atoms with Crippen LogP contribution >= 0.6 is 42.9 Å². The zero-order valence-electron chi connectivity index (χ0n) is 26.3. The monoisotopic (exact) mass is 1180 g/mol. The molecule has 0 bridgehead atoms. The molecule has 5 rings (SSSR count). The predicted molar refractivity (Wildman–Crippen MR) is 197 cm³/mol. The van der Waals surface area contributed by atoms with E-state index in [9.17, 15) is 9.59 Å². The molecular weight excluding hydrogens is 1140 g/mol. The van der Waals surface area contributed by atoms with Crippen LogP contribution in [0.3, 0.4) is 0 Å². The number of para-hydroxylation sites is 1. The third kappa shape index (κ3) is 25.1. The van der Waals surface area contributed by atoms with Crippen molar-refractivity contribution in [3.05, 3.63) is 88.0 Å². The van der Waals surface area contributed by atoms with E-state index in [0.717, 1.165) is 3.57 Å². The van der Waals surface area contributed by atoms with Crippen molar-refractivity contribution >= 4 is 199 Å². The number of benzene rings is 2. The number of carboxylic acids is 2. The first-order chi connectivity index (χ1) is 21.8. The van der Waals surface area contributed by atoms with E-state index >= 15 is 0 Å². The Bertz CT molecular complexity index is 1310. The fourth-order valence-corrected chi connectivity index (χ4v) is 4.41. The molecule has 0 unspecified atom stereocenters. The number of rotatable bonds is 6. The number of aromatic nitrogens is 6. The molecule has 1 fully saturated rings. The molecule has 2 atom stereocenters. The maximum Gasteiger partial charge on any atom is 0.0690 e. The van der Waals surface area contributed by atoms with Crippen LogP contribution in [0, 0.1) is 3.57 Å². The van der Waals surface area contributed by atoms with E-state index in [1.54, 1.807) is 69.1 Å². The van der Waals surface area contributed by atoms with Crippen LogP contribution in [0.1, 0.15) is 53.8 Å². The van der Waals surface area contributed by atoms with Gasteiger partial charge in [-0.05, 0) is 73.8 Å². The Labute approximate surface area is 431 Å². The van der Waals surface area contributed by atoms with Gasteiger partial charge in [0.1, 0.15) is 5.69 Å². The molecule has 15 nitrogen and oxygen atoms in total. The Morgan fingerprint density at radius 1 is 0.875 bits per heavy atom. The number of aromatic amines is 1. The number of aromatic carboxylic acids is 2. The summed E-state index contributed by atoms with van der Waals surface area (Å²) in [7, 11) is 4.11. The second-order valence-electron chi connectivity index (χ2n) is 8.36. The molecular formula is C28H39Cs2CuI2N8O7. The molecule has 4 aromatic rings. The minimum Gasteiger partial charge on any atom is -0.198 e. The average Bonchev–Trinajstić information content (AvgIpc) is 3.85. The van der Waals surface area contributed by atoms with Gasteiger partial charge in [0, 0.05) is 153 Å². The van der Waals surface area contributed by atoms with Crippen LogP contribution in [0.5, 0.6) is 0 Å². The number of likely N-dealkylation sites (N-methyl/N-ethyl adjacent to an activating group) is 2. The Balaban J connectivity index is -0.000000258. The molecule has 1 saturated carbocycles. The molecule has 1 aliphatic rings. The van der Waals surface area contributed by atoms with Crippen molar-refractivity contribution in [3.63, 3.8) is 0 Å². The molecule has 6 N–H and O–H groups in total. The topological polar surface area (TPSA) is 217 Å². The molecule has 0 spiro atoms. The van der Waals surface area contributed by atoms with Crippen molar-refractivity contribution in [1.29, 1.82) is 0 Å². The SMILES string of the molecule is C.CN[C@H]1CCCC[C@@H]1NC.O=C(O)c1ccccc1-n1nccn1.O=C(O)c1ccccc1I.O=COO.[Cs].[Cs].[Cu][I].c1cn[nH]n1. The first-order valence-corrected chi connectivity index (χ1v) is 17.1. The Kier molecular flexibility index (Phi) is 44.0. The summed E-state index contributed by atoms with van der Waals surface area (Å²) in [5.41, 5.74) is 1.01. The van der Waals surface area contributed by atoms with E-state index in [4.69, 9.17) is 20.3 Å². The van der Waals surface area contributed by atoms with E-state index < -0.39 is 11.9 Å². The molecule has 1 aliphatic carbocycles. The van der Waals surface area contributed by atoms with Crippen molar-refractivity contribution in [2.75, 3.05) is 14.1 Å². The number of nitrogens with one attached hydrogen (secondary N) is 3. The van der Waals surface area contributed by atoms with Crippen LogP contribution < -0.4 is 10.6 Å². The fraction of sp³-hybridized carbons (Fsp3) is 0.321. The molecule has 2 aromatic heterocycles. The van der Waals surface area contributed by atoms with Crippen LogP contribution in [0.25, 0.3) is 5.69 Å². The van der Waals surface area contributed by atoms with Crippen molar-refractivity contribution in [2.24, 2.45) is 0 Å². The average molecular weight is 1180 g/mol. The first-order valence-electron chi connectivity index (χ1n) is 13.0. The van der Waals surface area contributed by atoms with Gasteiger partial charge in [-0.1, -0.05) is 44.5 Å². The number of H-pyrrole nitrogens is 1. The fourth-order valence-electron chi connectivity index (χ4n) is 3.79. The number of halogens is 2. The quantitative estimate of drug-likeness (QED) is 0.0532. The van der Waals surface area contributed by atoms with Gasteiger partial charge in [-0.15, -0.1) is 0 Å². The van der Waals surface area contributed by atoms with Crippen molar-refractivity contribution < 1.29 is 47.5 Å². The number of carbonyl (C=O) groups excluding carboxylic acids is 1. The third-order valence-corrected chi connectivity index (χ3v) is 6.70. The van der Waals surface area contributed by atoms with Gasteiger partial charge in [0.05, 0.1) is 35.9 Å². The minimum absolute atomic E-state index is 0. The molecule has 0 aliphatic heterocycles. The van der Waals surface area contributed by atoms with E-state index in [1.165, 1.54) is 48.9 Å². The van der Waals surface area contributed by atoms with Crippen LogP contribution in [0.15, 0.2) is 73.3 Å². The van der Waals surface area contributed by atoms with Gasteiger partial charge in [-0.3, -0.25) is 4.79 Å². The summed E-state index contributed by atoms with van der Waals surface area (Å²) < 4.78 is 0.771. The standard InChI is InChI=1S/C9H7N3O2.C8H18N2.C7H5IO2.C2H3N3.CH2O3.CH4.2Cs.Cu.HI/c13-9(14)7-3-1-2-4-8(7)12-10-5-6-11-12;1-9-7-5-3-4-6-8(7)10-2;8-6-4-2-1-3-5(6)7(9)10;1-2-4-5-3-1;2-1-4-3;;;;;/h1-6H,(H,13,14);7-10H,3-6H2,1-2H3;1-4H,(H,9,10);1-2H,(H,3,4,5);1,3H;1H4;;;;1H/q;;;;;;;;+1;/p-1/t;7-,8-;;;;;;;;/m.0......../s1. The van der Waals surface area contributed by atoms with Gasteiger partial charge in [-0.2, -0.15) is 30.4 Å². The van der Waals surface area contributed by atoms with E-state index in [-0.39, 0.29) is 157 Å². The molecule has 2 radical (unpaired) electrons. The summed E-state index contributed by atoms with van der Waals surface area (Å²) in [6.45, 7) is -0.0694. The summed E-state index contributed by atoms with van der Waals surface area (Å²) >= 11 is 7.86. The van der Waals surface area contributed by atoms with Crippen LogP contribution in [-0.2, 0) is 22.4 Å². The molecule has 2 heterocycles. The number of carboxylic acid groups (broad SMARTS) is 2. The maximum absolute atomic E-state index is 10.8. The first kappa shape index (κ1) is 55.8. The molecule has 2 aromatic carbocycles. The van der Waals surface area contributed by atoms with Crippen LogP contribution in [0.4, 0.5) is 0 Å². The maximum atomic E-state index is 10.8. The zero-order valence-corrected chi connectivity index (χ0v) is 44.1. The normalized spacial score (nSPS) is 13.4. The van der Waals surface area contributed by atoms with Crippen molar-refractivity contribution in [2.45, 2.75) is 45.2 Å². The largest absolute Gasteiger partial charge is 0.198 e. The van der Waals surface area contributed by atoms with Gasteiger partial charge in [0.2, 0.25) is 0 Å². The predicted octanol–water partition coefficient (Wildman–Crippen LogP) is 3.89. The summed E-state index contributed by atoms with van der Waals surface area (Å²) in [5.74, 6) is -1.86. The second-order valence-corrected chi connectivity index (χ2v) is 9.52. The van der Waals surface area contributed by atoms with Crippen LogP contribution in [-0.4, -0.2) is 228 Å². The number of hydrogen-bond acceptors (Lipinski definition) is 11. The Morgan fingerprint density at radius 3 is 1.62 bits per heavy atom. The van der Waals surface area contributed by atoms with Gasteiger partial charge >= 0.3 is 51.5 Å². The summed E-state index contributed by atoms with van der Waals surface area (Å²) in [5, 5.41) is 48.2. The van der Waals surface area contributed by atoms with Crippen molar-refractivity contribution in [3.8, 4) is 5.69 Å². The summed E-state index contributed by atoms with van der Waals surface area (Å²) in [4.78, 5) is 34.1. The van der Waals surface area contributed by atoms with Gasteiger partial charge in [0.25, 0.3) is 0 Å². The van der Waals surface area contributed by atoms with Crippen LogP contribution in [0.2, 0.25) is 0 Å². The van der Waals surface area contributed by atoms with Gasteiger partial charge < -0.3 is 25.7 Å². The Morgan fingerprint density at radius 2 is 1.29 bits per heavy atom. The van der Waals surface area contributed by atoms with Gasteiger partial charge in [-0.25, -0.2) is 14.8 Å². The molecule has 20 heteroatoms. The molecule has 260 valence electrons. The number of carbonyl (C=O) groups is 3. The van der Waals surface area contributed by atoms with E-state index in [0.29, 0.717) is 23.3 Å². The van der Waals surface area contributed by atoms with Gasteiger partial charge in [0.15, 0.2) is 0 Å². The summed E-state index contributed by atoms with van der Waals surface area (Å²) in [6.07, 6.45) is 11.6. The number of hydrogen-bond donors (Lipinski definition) is 6. The summed E-state index contributed by atoms with van der Waals surface area (Å²) in [6, 6.07) is 14.9. The Hall–Kier alpha value is 1.09. The number of nitrogens with zero attached hydrogens (tertiary/aromatic N) is 5. The molecule has 0 saturated heterocycles.